The van der Waals surface area contributed by atoms with Gasteiger partial charge in [0, 0.05) is 12.1 Å². The fourth-order valence-corrected chi connectivity index (χ4v) is 4.52. The Morgan fingerprint density at radius 2 is 1.86 bits per heavy atom. The lowest BCUT2D eigenvalue weighted by Gasteiger charge is -2.20. The monoisotopic (exact) mass is 316 g/mol. The van der Waals surface area contributed by atoms with E-state index >= 15 is 0 Å². The molecule has 1 amide bonds. The molecule has 2 heterocycles. The molecular formula is C16H13ClN2OS. The number of halogens is 1. The molecule has 0 aliphatic carbocycles. The van der Waals surface area contributed by atoms with Gasteiger partial charge in [-0.25, -0.2) is 0 Å². The first-order valence-electron chi connectivity index (χ1n) is 6.73. The summed E-state index contributed by atoms with van der Waals surface area (Å²) in [5.74, 6) is 0.129. The van der Waals surface area contributed by atoms with Crippen LogP contribution in [0.1, 0.15) is 10.8 Å². The average Bonchev–Trinajstić information content (AvgIpc) is 2.97. The predicted molar refractivity (Wildman–Crippen MR) is 87.9 cm³/mol. The van der Waals surface area contributed by atoms with Crippen LogP contribution < -0.4 is 9.80 Å². The van der Waals surface area contributed by atoms with Crippen molar-refractivity contribution in [1.82, 2.24) is 0 Å². The van der Waals surface area contributed by atoms with Gasteiger partial charge in [-0.05, 0) is 23.8 Å². The molecule has 2 atom stereocenters. The van der Waals surface area contributed by atoms with E-state index in [4.69, 9.17) is 11.6 Å². The van der Waals surface area contributed by atoms with Crippen LogP contribution in [-0.4, -0.2) is 18.5 Å². The summed E-state index contributed by atoms with van der Waals surface area (Å²) in [6, 6.07) is 15.6. The number of amides is 1. The number of thioether (sulfide) groups is 1. The number of carbonyl (C=O) groups excluding carboxylic acids is 1. The van der Waals surface area contributed by atoms with Crippen molar-refractivity contribution in [3.05, 3.63) is 59.1 Å². The van der Waals surface area contributed by atoms with E-state index in [1.54, 1.807) is 11.8 Å². The fraction of sp³-hybridized carbons (Fsp3) is 0.188. The number of benzene rings is 2. The molecule has 1 fully saturated rings. The Morgan fingerprint density at radius 3 is 2.62 bits per heavy atom. The van der Waals surface area contributed by atoms with Crippen molar-refractivity contribution < 1.29 is 4.79 Å². The quantitative estimate of drug-likeness (QED) is 0.797. The van der Waals surface area contributed by atoms with Crippen LogP contribution >= 0.6 is 23.4 Å². The number of rotatable bonds is 1. The molecule has 2 aromatic rings. The van der Waals surface area contributed by atoms with Gasteiger partial charge in [-0.1, -0.05) is 53.7 Å². The first-order chi connectivity index (χ1) is 10.2. The summed E-state index contributed by atoms with van der Waals surface area (Å²) >= 11 is 7.77. The number of anilines is 2. The van der Waals surface area contributed by atoms with Gasteiger partial charge in [0.05, 0.1) is 11.4 Å². The van der Waals surface area contributed by atoms with Crippen LogP contribution in [0, 0.1) is 0 Å². The van der Waals surface area contributed by atoms with E-state index in [-0.39, 0.29) is 16.7 Å². The Balaban J connectivity index is 1.77. The lowest BCUT2D eigenvalue weighted by atomic mass is 10.1. The third-order valence-electron chi connectivity index (χ3n) is 3.95. The highest BCUT2D eigenvalue weighted by atomic mass is 35.5. The Kier molecular flexibility index (Phi) is 2.91. The smallest absolute Gasteiger partial charge is 0.247 e. The molecule has 0 saturated carbocycles. The number of hydrogen-bond donors (Lipinski definition) is 0. The standard InChI is InChI=1S/C16H13ClN2OS/c1-18-12-8-7-11(17)9-13(12)19-15(20)14(21-16(18)19)10-5-3-2-4-6-10/h2-9,14,16H,1H3. The maximum atomic E-state index is 12.8. The topological polar surface area (TPSA) is 23.6 Å². The molecule has 1 saturated heterocycles. The minimum absolute atomic E-state index is 0.0103. The molecular weight excluding hydrogens is 304 g/mol. The number of carbonyl (C=O) groups is 1. The molecule has 0 bridgehead atoms. The van der Waals surface area contributed by atoms with Crippen LogP contribution in [-0.2, 0) is 4.79 Å². The number of nitrogens with zero attached hydrogens (tertiary/aromatic N) is 2. The molecule has 0 aromatic heterocycles. The minimum Gasteiger partial charge on any atom is -0.344 e. The van der Waals surface area contributed by atoms with Crippen molar-refractivity contribution >= 4 is 40.6 Å². The van der Waals surface area contributed by atoms with Gasteiger partial charge in [0.25, 0.3) is 0 Å². The first kappa shape index (κ1) is 13.0. The van der Waals surface area contributed by atoms with Crippen molar-refractivity contribution in [3.63, 3.8) is 0 Å². The van der Waals surface area contributed by atoms with Crippen molar-refractivity contribution in [3.8, 4) is 0 Å². The van der Waals surface area contributed by atoms with Crippen LogP contribution in [0.2, 0.25) is 5.02 Å². The highest BCUT2D eigenvalue weighted by Gasteiger charge is 2.48. The zero-order chi connectivity index (χ0) is 14.6. The van der Waals surface area contributed by atoms with Crippen LogP contribution in [0.4, 0.5) is 11.4 Å². The second kappa shape index (κ2) is 4.68. The summed E-state index contributed by atoms with van der Waals surface area (Å²) in [6.45, 7) is 0. The van der Waals surface area contributed by atoms with Gasteiger partial charge in [-0.15, -0.1) is 0 Å². The summed E-state index contributed by atoms with van der Waals surface area (Å²) in [6.07, 6.45) is 0. The van der Waals surface area contributed by atoms with Crippen molar-refractivity contribution in [2.45, 2.75) is 10.7 Å². The van der Waals surface area contributed by atoms with Crippen LogP contribution in [0.25, 0.3) is 0 Å². The SMILES string of the molecule is CN1c2ccc(Cl)cc2N2C(=O)C(c3ccccc3)SC12. The molecule has 0 radical (unpaired) electrons. The lowest BCUT2D eigenvalue weighted by molar-refractivity contribution is -0.117. The van der Waals surface area contributed by atoms with Crippen LogP contribution in [0.15, 0.2) is 48.5 Å². The molecule has 5 heteroatoms. The van der Waals surface area contributed by atoms with Gasteiger partial charge in [-0.2, -0.15) is 0 Å². The zero-order valence-electron chi connectivity index (χ0n) is 11.4. The number of hydrogen-bond acceptors (Lipinski definition) is 3. The third kappa shape index (κ3) is 1.86. The maximum Gasteiger partial charge on any atom is 0.247 e. The Hall–Kier alpha value is -1.65. The van der Waals surface area contributed by atoms with Gasteiger partial charge in [-0.3, -0.25) is 9.69 Å². The molecule has 3 nitrogen and oxygen atoms in total. The van der Waals surface area contributed by atoms with E-state index in [1.807, 2.05) is 60.5 Å². The van der Waals surface area contributed by atoms with E-state index in [9.17, 15) is 4.79 Å². The molecule has 2 unspecified atom stereocenters. The fourth-order valence-electron chi connectivity index (χ4n) is 2.93. The summed E-state index contributed by atoms with van der Waals surface area (Å²) < 4.78 is 0. The summed E-state index contributed by atoms with van der Waals surface area (Å²) in [5.41, 5.74) is 3.03. The van der Waals surface area contributed by atoms with E-state index in [0.717, 1.165) is 16.9 Å². The van der Waals surface area contributed by atoms with Crippen molar-refractivity contribution in [2.24, 2.45) is 0 Å². The Bertz CT molecular complexity index is 721. The van der Waals surface area contributed by atoms with Crippen molar-refractivity contribution in [2.75, 3.05) is 16.8 Å². The second-order valence-corrected chi connectivity index (χ2v) is 6.81. The van der Waals surface area contributed by atoms with E-state index in [2.05, 4.69) is 4.90 Å². The molecule has 106 valence electrons. The highest BCUT2D eigenvalue weighted by molar-refractivity contribution is 8.01. The van der Waals surface area contributed by atoms with E-state index in [0.29, 0.717) is 5.02 Å². The molecule has 21 heavy (non-hydrogen) atoms. The van der Waals surface area contributed by atoms with Gasteiger partial charge >= 0.3 is 0 Å². The predicted octanol–water partition coefficient (Wildman–Crippen LogP) is 3.89. The Labute approximate surface area is 132 Å². The van der Waals surface area contributed by atoms with Gasteiger partial charge in [0.15, 0.2) is 5.50 Å². The average molecular weight is 317 g/mol. The molecule has 4 rings (SSSR count). The van der Waals surface area contributed by atoms with Gasteiger partial charge in [0.2, 0.25) is 5.91 Å². The largest absolute Gasteiger partial charge is 0.344 e. The molecule has 2 aromatic carbocycles. The first-order valence-corrected chi connectivity index (χ1v) is 8.05. The van der Waals surface area contributed by atoms with Crippen LogP contribution in [0.5, 0.6) is 0 Å². The lowest BCUT2D eigenvalue weighted by Crippen LogP contribution is -2.36. The third-order valence-corrected chi connectivity index (χ3v) is 5.70. The summed E-state index contributed by atoms with van der Waals surface area (Å²) in [5, 5.41) is 0.509. The molecule has 2 aliphatic rings. The zero-order valence-corrected chi connectivity index (χ0v) is 12.9. The summed E-state index contributed by atoms with van der Waals surface area (Å²) in [4.78, 5) is 16.8. The molecule has 0 N–H and O–H groups in total. The summed E-state index contributed by atoms with van der Waals surface area (Å²) in [7, 11) is 2.02. The van der Waals surface area contributed by atoms with E-state index < -0.39 is 0 Å². The molecule has 2 aliphatic heterocycles. The number of fused-ring (bicyclic) bond motifs is 3. The van der Waals surface area contributed by atoms with Crippen molar-refractivity contribution in [1.29, 1.82) is 0 Å². The van der Waals surface area contributed by atoms with Gasteiger partial charge in [0.1, 0.15) is 5.25 Å². The van der Waals surface area contributed by atoms with Gasteiger partial charge < -0.3 is 4.90 Å². The van der Waals surface area contributed by atoms with Crippen LogP contribution in [0.3, 0.4) is 0 Å². The maximum absolute atomic E-state index is 12.8. The second-order valence-electron chi connectivity index (χ2n) is 5.21. The highest BCUT2D eigenvalue weighted by Crippen LogP contribution is 2.53. The molecule has 0 spiro atoms. The minimum atomic E-state index is -0.147. The van der Waals surface area contributed by atoms with E-state index in [1.165, 1.54) is 0 Å². The normalized spacial score (nSPS) is 23.4. The Morgan fingerprint density at radius 1 is 1.10 bits per heavy atom.